The van der Waals surface area contributed by atoms with E-state index in [4.69, 9.17) is 5.84 Å². The quantitative estimate of drug-likeness (QED) is 0.494. The van der Waals surface area contributed by atoms with E-state index in [9.17, 15) is 22.0 Å². The lowest BCUT2D eigenvalue weighted by molar-refractivity contribution is -0.190. The fourth-order valence-electron chi connectivity index (χ4n) is 0.868. The molecule has 9 heteroatoms. The molecule has 0 saturated heterocycles. The third-order valence-electron chi connectivity index (χ3n) is 1.78. The molecule has 4 nitrogen and oxygen atoms in total. The van der Waals surface area contributed by atoms with Crippen molar-refractivity contribution < 1.29 is 26.7 Å². The Hall–Kier alpha value is -1.64. The van der Waals surface area contributed by atoms with Crippen LogP contribution in [0.25, 0.3) is 0 Å². The Balaban J connectivity index is 2.99. The molecule has 0 amide bonds. The highest BCUT2D eigenvalue weighted by molar-refractivity contribution is 5.38. The third-order valence-corrected chi connectivity index (χ3v) is 1.78. The van der Waals surface area contributed by atoms with Crippen LogP contribution in [0.4, 0.5) is 27.8 Å². The van der Waals surface area contributed by atoms with Crippen LogP contribution < -0.4 is 16.0 Å². The first-order valence-corrected chi connectivity index (χ1v) is 4.31. The fourth-order valence-corrected chi connectivity index (χ4v) is 0.868. The molecule has 1 aromatic heterocycles. The van der Waals surface area contributed by atoms with E-state index in [1.54, 1.807) is 5.43 Å². The average Bonchev–Trinajstić information content (AvgIpc) is 2.20. The Labute approximate surface area is 92.5 Å². The summed E-state index contributed by atoms with van der Waals surface area (Å²) in [6.45, 7) is 0.667. The lowest BCUT2D eigenvalue weighted by Crippen LogP contribution is -2.32. The van der Waals surface area contributed by atoms with Crippen molar-refractivity contribution in [3.8, 4) is 5.88 Å². The molecule has 1 atom stereocenters. The predicted octanol–water partition coefficient (Wildman–Crippen LogP) is 1.98. The van der Waals surface area contributed by atoms with Crippen LogP contribution in [0.2, 0.25) is 0 Å². The number of nitrogens with two attached hydrogens (primary N) is 1. The van der Waals surface area contributed by atoms with Crippen molar-refractivity contribution in [2.45, 2.75) is 19.2 Å². The van der Waals surface area contributed by atoms with E-state index < -0.39 is 35.6 Å². The minimum absolute atomic E-state index is 0.320. The Morgan fingerprint density at radius 1 is 1.35 bits per heavy atom. The molecule has 0 saturated carbocycles. The van der Waals surface area contributed by atoms with E-state index in [0.717, 1.165) is 0 Å². The van der Waals surface area contributed by atoms with E-state index in [1.807, 2.05) is 0 Å². The van der Waals surface area contributed by atoms with Crippen LogP contribution in [-0.4, -0.2) is 17.3 Å². The average molecular weight is 257 g/mol. The molecule has 0 fully saturated rings. The van der Waals surface area contributed by atoms with Crippen molar-refractivity contribution in [1.82, 2.24) is 4.98 Å². The molecule has 0 aliphatic carbocycles. The minimum Gasteiger partial charge on any atom is -0.463 e. The van der Waals surface area contributed by atoms with Crippen LogP contribution in [0, 0.1) is 11.6 Å². The van der Waals surface area contributed by atoms with Gasteiger partial charge in [-0.2, -0.15) is 18.2 Å². The first-order chi connectivity index (χ1) is 7.75. The summed E-state index contributed by atoms with van der Waals surface area (Å²) < 4.78 is 66.6. The number of hydrazine groups is 1. The van der Waals surface area contributed by atoms with Gasteiger partial charge in [-0.15, -0.1) is 0 Å². The summed E-state index contributed by atoms with van der Waals surface area (Å²) in [5.41, 5.74) is 1.76. The fraction of sp³-hybridized carbons (Fsp3) is 0.375. The Kier molecular flexibility index (Phi) is 3.71. The van der Waals surface area contributed by atoms with Crippen LogP contribution in [0.15, 0.2) is 6.07 Å². The smallest absolute Gasteiger partial charge is 0.425 e. The van der Waals surface area contributed by atoms with E-state index in [2.05, 4.69) is 9.72 Å². The van der Waals surface area contributed by atoms with Crippen molar-refractivity contribution >= 4 is 5.82 Å². The first-order valence-electron chi connectivity index (χ1n) is 4.31. The van der Waals surface area contributed by atoms with E-state index in [0.29, 0.717) is 13.0 Å². The van der Waals surface area contributed by atoms with Crippen molar-refractivity contribution in [3.63, 3.8) is 0 Å². The topological polar surface area (TPSA) is 60.2 Å². The molecule has 1 aromatic rings. The van der Waals surface area contributed by atoms with Gasteiger partial charge in [-0.3, -0.25) is 0 Å². The van der Waals surface area contributed by atoms with E-state index in [-0.39, 0.29) is 0 Å². The highest BCUT2D eigenvalue weighted by atomic mass is 19.4. The normalized spacial score (nSPS) is 13.4. The number of pyridine rings is 1. The standard InChI is InChI=1S/C8H8F5N3O/c1-3(8(11,12)13)17-7-5(10)2-4(9)6(15-7)16-14/h2-3H,14H2,1H3,(H,15,16). The molecule has 0 radical (unpaired) electrons. The summed E-state index contributed by atoms with van der Waals surface area (Å²) in [7, 11) is 0. The van der Waals surface area contributed by atoms with Crippen LogP contribution in [-0.2, 0) is 0 Å². The highest BCUT2D eigenvalue weighted by Gasteiger charge is 2.39. The number of alkyl halides is 3. The summed E-state index contributed by atoms with van der Waals surface area (Å²) in [5, 5.41) is 0. The number of hydrogen-bond acceptors (Lipinski definition) is 4. The zero-order valence-corrected chi connectivity index (χ0v) is 8.48. The molecule has 1 heterocycles. The number of anilines is 1. The van der Waals surface area contributed by atoms with Gasteiger partial charge >= 0.3 is 6.18 Å². The van der Waals surface area contributed by atoms with Gasteiger partial charge in [-0.1, -0.05) is 0 Å². The molecule has 17 heavy (non-hydrogen) atoms. The zero-order valence-electron chi connectivity index (χ0n) is 8.48. The van der Waals surface area contributed by atoms with E-state index in [1.165, 1.54) is 0 Å². The number of nitrogen functional groups attached to an aromatic ring is 1. The van der Waals surface area contributed by atoms with Gasteiger partial charge in [0.05, 0.1) is 0 Å². The van der Waals surface area contributed by atoms with Crippen LogP contribution in [0.1, 0.15) is 6.92 Å². The Bertz CT molecular complexity index is 409. The number of hydrogen-bond donors (Lipinski definition) is 2. The SMILES string of the molecule is CC(Oc1nc(NN)c(F)cc1F)C(F)(F)F. The maximum Gasteiger partial charge on any atom is 0.425 e. The Morgan fingerprint density at radius 2 is 1.94 bits per heavy atom. The molecule has 0 aliphatic rings. The molecular formula is C8H8F5N3O. The number of halogens is 5. The van der Waals surface area contributed by atoms with Crippen LogP contribution >= 0.6 is 0 Å². The lowest BCUT2D eigenvalue weighted by atomic mass is 10.4. The highest BCUT2D eigenvalue weighted by Crippen LogP contribution is 2.27. The molecule has 0 bridgehead atoms. The molecule has 96 valence electrons. The van der Waals surface area contributed by atoms with Gasteiger partial charge in [0.2, 0.25) is 0 Å². The number of nitrogens with zero attached hydrogens (tertiary/aromatic N) is 1. The third kappa shape index (κ3) is 3.16. The molecule has 0 aliphatic heterocycles. The van der Waals surface area contributed by atoms with Crippen molar-refractivity contribution in [2.75, 3.05) is 5.43 Å². The zero-order chi connectivity index (χ0) is 13.2. The van der Waals surface area contributed by atoms with Crippen LogP contribution in [0.5, 0.6) is 5.88 Å². The molecule has 0 spiro atoms. The number of rotatable bonds is 3. The summed E-state index contributed by atoms with van der Waals surface area (Å²) in [4.78, 5) is 3.14. The van der Waals surface area contributed by atoms with Gasteiger partial charge in [0.25, 0.3) is 5.88 Å². The Morgan fingerprint density at radius 3 is 2.41 bits per heavy atom. The first kappa shape index (κ1) is 13.4. The monoisotopic (exact) mass is 257 g/mol. The summed E-state index contributed by atoms with van der Waals surface area (Å²) >= 11 is 0. The predicted molar refractivity (Wildman–Crippen MR) is 48.1 cm³/mol. The van der Waals surface area contributed by atoms with E-state index >= 15 is 0 Å². The summed E-state index contributed by atoms with van der Waals surface area (Å²) in [6.07, 6.45) is -6.96. The lowest BCUT2D eigenvalue weighted by Gasteiger charge is -2.17. The molecule has 0 aromatic carbocycles. The largest absolute Gasteiger partial charge is 0.463 e. The second-order valence-corrected chi connectivity index (χ2v) is 3.05. The van der Waals surface area contributed by atoms with Gasteiger partial charge in [-0.25, -0.2) is 14.6 Å². The summed E-state index contributed by atoms with van der Waals surface area (Å²) in [5.74, 6) is 0.745. The molecule has 1 unspecified atom stereocenters. The van der Waals surface area contributed by atoms with Crippen molar-refractivity contribution in [3.05, 3.63) is 17.7 Å². The van der Waals surface area contributed by atoms with Crippen molar-refractivity contribution in [1.29, 1.82) is 0 Å². The second-order valence-electron chi connectivity index (χ2n) is 3.05. The van der Waals surface area contributed by atoms with Gasteiger partial charge < -0.3 is 10.2 Å². The minimum atomic E-state index is -4.68. The maximum absolute atomic E-state index is 13.1. The van der Waals surface area contributed by atoms with Gasteiger partial charge in [0.1, 0.15) is 0 Å². The molecule has 3 N–H and O–H groups in total. The summed E-state index contributed by atoms with van der Waals surface area (Å²) in [6, 6.07) is 0.320. The van der Waals surface area contributed by atoms with Gasteiger partial charge in [-0.05, 0) is 6.92 Å². The van der Waals surface area contributed by atoms with Crippen molar-refractivity contribution in [2.24, 2.45) is 5.84 Å². The van der Waals surface area contributed by atoms with Crippen LogP contribution in [0.3, 0.4) is 0 Å². The number of ether oxygens (including phenoxy) is 1. The number of aromatic nitrogens is 1. The maximum atomic E-state index is 13.1. The molecular weight excluding hydrogens is 249 g/mol. The van der Waals surface area contributed by atoms with Gasteiger partial charge in [0.15, 0.2) is 23.6 Å². The molecule has 1 rings (SSSR count). The number of nitrogens with one attached hydrogen (secondary N) is 1. The second kappa shape index (κ2) is 4.70. The van der Waals surface area contributed by atoms with Gasteiger partial charge in [0, 0.05) is 6.07 Å².